The standard InChI is InChI=1S/C15H31N3/c1-5-14(9-16-12(2)3)18-11-15-7-6-8-17(15)10-13(18)4/h12-16H,5-11H2,1-4H3. The molecule has 0 aromatic carbocycles. The normalized spacial score (nSPS) is 31.8. The van der Waals surface area contributed by atoms with Crippen LogP contribution in [0.25, 0.3) is 0 Å². The molecule has 2 aliphatic rings. The van der Waals surface area contributed by atoms with Gasteiger partial charge in [-0.3, -0.25) is 9.80 Å². The van der Waals surface area contributed by atoms with Crippen LogP contribution < -0.4 is 5.32 Å². The molecule has 0 bridgehead atoms. The second-order valence-electron chi connectivity index (χ2n) is 6.46. The Morgan fingerprint density at radius 3 is 2.72 bits per heavy atom. The third kappa shape index (κ3) is 3.25. The highest BCUT2D eigenvalue weighted by Gasteiger charge is 2.36. The van der Waals surface area contributed by atoms with E-state index < -0.39 is 0 Å². The van der Waals surface area contributed by atoms with Crippen LogP contribution in [0.3, 0.4) is 0 Å². The van der Waals surface area contributed by atoms with Crippen LogP contribution in [0.2, 0.25) is 0 Å². The van der Waals surface area contributed by atoms with Crippen molar-refractivity contribution in [3.05, 3.63) is 0 Å². The van der Waals surface area contributed by atoms with Gasteiger partial charge in [-0.2, -0.15) is 0 Å². The summed E-state index contributed by atoms with van der Waals surface area (Å²) in [6.45, 7) is 14.3. The third-order valence-electron chi connectivity index (χ3n) is 4.69. The van der Waals surface area contributed by atoms with Gasteiger partial charge in [0.1, 0.15) is 0 Å². The lowest BCUT2D eigenvalue weighted by molar-refractivity contribution is 0.0261. The summed E-state index contributed by atoms with van der Waals surface area (Å²) in [4.78, 5) is 5.48. The SMILES string of the molecule is CCC(CNC(C)C)N1CC2CCCN2CC1C. The molecule has 2 heterocycles. The Hall–Kier alpha value is -0.120. The molecule has 2 aliphatic heterocycles. The first-order valence-electron chi connectivity index (χ1n) is 7.85. The van der Waals surface area contributed by atoms with E-state index in [4.69, 9.17) is 0 Å². The summed E-state index contributed by atoms with van der Waals surface area (Å²) in [5.74, 6) is 0. The topological polar surface area (TPSA) is 18.5 Å². The van der Waals surface area contributed by atoms with E-state index in [0.29, 0.717) is 12.1 Å². The zero-order valence-corrected chi connectivity index (χ0v) is 12.7. The summed E-state index contributed by atoms with van der Waals surface area (Å²) in [7, 11) is 0. The van der Waals surface area contributed by atoms with Crippen LogP contribution in [0.5, 0.6) is 0 Å². The summed E-state index contributed by atoms with van der Waals surface area (Å²) in [5, 5.41) is 3.62. The van der Waals surface area contributed by atoms with E-state index in [1.807, 2.05) is 0 Å². The summed E-state index contributed by atoms with van der Waals surface area (Å²) in [6.07, 6.45) is 4.08. The molecule has 2 fully saturated rings. The first-order valence-corrected chi connectivity index (χ1v) is 7.85. The second kappa shape index (κ2) is 6.36. The van der Waals surface area contributed by atoms with Crippen molar-refractivity contribution in [1.29, 1.82) is 0 Å². The van der Waals surface area contributed by atoms with Crippen LogP contribution in [-0.4, -0.2) is 60.1 Å². The third-order valence-corrected chi connectivity index (χ3v) is 4.69. The van der Waals surface area contributed by atoms with E-state index >= 15 is 0 Å². The predicted molar refractivity (Wildman–Crippen MR) is 78.0 cm³/mol. The molecule has 2 rings (SSSR count). The Bertz CT molecular complexity index is 254. The quantitative estimate of drug-likeness (QED) is 0.808. The molecular formula is C15H31N3. The van der Waals surface area contributed by atoms with Crippen molar-refractivity contribution in [1.82, 2.24) is 15.1 Å². The van der Waals surface area contributed by atoms with Gasteiger partial charge in [0, 0.05) is 43.8 Å². The molecule has 3 atom stereocenters. The van der Waals surface area contributed by atoms with Crippen molar-refractivity contribution in [3.8, 4) is 0 Å². The van der Waals surface area contributed by atoms with Crippen LogP contribution in [0, 0.1) is 0 Å². The van der Waals surface area contributed by atoms with Crippen molar-refractivity contribution < 1.29 is 0 Å². The maximum Gasteiger partial charge on any atom is 0.0224 e. The number of rotatable bonds is 5. The average molecular weight is 253 g/mol. The van der Waals surface area contributed by atoms with Crippen molar-refractivity contribution in [2.75, 3.05) is 26.2 Å². The molecule has 3 heteroatoms. The molecule has 0 aromatic rings. The first kappa shape index (κ1) is 14.3. The molecule has 0 spiro atoms. The monoisotopic (exact) mass is 253 g/mol. The van der Waals surface area contributed by atoms with Crippen molar-refractivity contribution in [2.24, 2.45) is 0 Å². The Labute approximate surface area is 113 Å². The van der Waals surface area contributed by atoms with E-state index in [1.54, 1.807) is 0 Å². The molecule has 2 saturated heterocycles. The Kier molecular flexibility index (Phi) is 5.05. The minimum Gasteiger partial charge on any atom is -0.313 e. The molecule has 1 N–H and O–H groups in total. The molecule has 106 valence electrons. The van der Waals surface area contributed by atoms with E-state index in [9.17, 15) is 0 Å². The summed E-state index contributed by atoms with van der Waals surface area (Å²) in [6, 6.07) is 2.87. The number of hydrogen-bond donors (Lipinski definition) is 1. The van der Waals surface area contributed by atoms with Gasteiger partial charge >= 0.3 is 0 Å². The summed E-state index contributed by atoms with van der Waals surface area (Å²) < 4.78 is 0. The molecule has 0 amide bonds. The van der Waals surface area contributed by atoms with Gasteiger partial charge in [0.25, 0.3) is 0 Å². The van der Waals surface area contributed by atoms with Crippen LogP contribution >= 0.6 is 0 Å². The summed E-state index contributed by atoms with van der Waals surface area (Å²) in [5.41, 5.74) is 0. The second-order valence-corrected chi connectivity index (χ2v) is 6.46. The lowest BCUT2D eigenvalue weighted by Crippen LogP contribution is -2.59. The van der Waals surface area contributed by atoms with Gasteiger partial charge < -0.3 is 5.32 Å². The smallest absolute Gasteiger partial charge is 0.0224 e. The zero-order chi connectivity index (χ0) is 13.1. The average Bonchev–Trinajstić information content (AvgIpc) is 2.76. The highest BCUT2D eigenvalue weighted by molar-refractivity contribution is 4.93. The lowest BCUT2D eigenvalue weighted by Gasteiger charge is -2.46. The molecule has 18 heavy (non-hydrogen) atoms. The number of fused-ring (bicyclic) bond motifs is 1. The molecule has 3 unspecified atom stereocenters. The molecule has 0 radical (unpaired) electrons. The number of hydrogen-bond acceptors (Lipinski definition) is 3. The number of nitrogens with one attached hydrogen (secondary N) is 1. The van der Waals surface area contributed by atoms with Crippen LogP contribution in [0.15, 0.2) is 0 Å². The Morgan fingerprint density at radius 2 is 2.06 bits per heavy atom. The van der Waals surface area contributed by atoms with E-state index in [1.165, 1.54) is 38.9 Å². The van der Waals surface area contributed by atoms with Crippen molar-refractivity contribution in [2.45, 2.75) is 71.1 Å². The Balaban J connectivity index is 1.92. The van der Waals surface area contributed by atoms with Gasteiger partial charge in [0.2, 0.25) is 0 Å². The van der Waals surface area contributed by atoms with Gasteiger partial charge in [0.05, 0.1) is 0 Å². The summed E-state index contributed by atoms with van der Waals surface area (Å²) >= 11 is 0. The fraction of sp³-hybridized carbons (Fsp3) is 1.00. The van der Waals surface area contributed by atoms with Gasteiger partial charge in [0.15, 0.2) is 0 Å². The van der Waals surface area contributed by atoms with Crippen LogP contribution in [0.4, 0.5) is 0 Å². The minimum absolute atomic E-state index is 0.599. The van der Waals surface area contributed by atoms with Crippen LogP contribution in [-0.2, 0) is 0 Å². The molecular weight excluding hydrogens is 222 g/mol. The molecule has 0 saturated carbocycles. The van der Waals surface area contributed by atoms with Gasteiger partial charge in [-0.1, -0.05) is 20.8 Å². The van der Waals surface area contributed by atoms with E-state index in [0.717, 1.165) is 18.6 Å². The molecule has 0 aromatic heterocycles. The maximum atomic E-state index is 3.62. The van der Waals surface area contributed by atoms with E-state index in [-0.39, 0.29) is 0 Å². The van der Waals surface area contributed by atoms with Crippen molar-refractivity contribution in [3.63, 3.8) is 0 Å². The van der Waals surface area contributed by atoms with Crippen LogP contribution in [0.1, 0.15) is 47.0 Å². The molecule has 3 nitrogen and oxygen atoms in total. The van der Waals surface area contributed by atoms with Gasteiger partial charge in [-0.25, -0.2) is 0 Å². The van der Waals surface area contributed by atoms with Gasteiger partial charge in [-0.15, -0.1) is 0 Å². The predicted octanol–water partition coefficient (Wildman–Crippen LogP) is 1.93. The van der Waals surface area contributed by atoms with Gasteiger partial charge in [-0.05, 0) is 32.7 Å². The highest BCUT2D eigenvalue weighted by Crippen LogP contribution is 2.26. The number of piperazine rings is 1. The zero-order valence-electron chi connectivity index (χ0n) is 12.7. The fourth-order valence-corrected chi connectivity index (χ4v) is 3.59. The lowest BCUT2D eigenvalue weighted by atomic mass is 10.0. The number of nitrogens with zero attached hydrogens (tertiary/aromatic N) is 2. The first-order chi connectivity index (χ1) is 8.61. The molecule has 0 aliphatic carbocycles. The fourth-order valence-electron chi connectivity index (χ4n) is 3.59. The van der Waals surface area contributed by atoms with Crippen molar-refractivity contribution >= 4 is 0 Å². The van der Waals surface area contributed by atoms with E-state index in [2.05, 4.69) is 42.8 Å². The maximum absolute atomic E-state index is 3.62. The minimum atomic E-state index is 0.599. The largest absolute Gasteiger partial charge is 0.313 e. The highest BCUT2D eigenvalue weighted by atomic mass is 15.3. The Morgan fingerprint density at radius 1 is 1.28 bits per heavy atom.